The van der Waals surface area contributed by atoms with Gasteiger partial charge in [-0.3, -0.25) is 9.59 Å². The third-order valence-corrected chi connectivity index (χ3v) is 1.79. The van der Waals surface area contributed by atoms with Crippen LogP contribution in [0.1, 0.15) is 13.3 Å². The summed E-state index contributed by atoms with van der Waals surface area (Å²) >= 11 is 0. The van der Waals surface area contributed by atoms with E-state index in [1.807, 2.05) is 19.0 Å². The summed E-state index contributed by atoms with van der Waals surface area (Å²) in [7, 11) is 3.91. The standard InChI is InChI=1S/C11H20N2O3/c1-9(2)11(15)12-8-10(14)16-7-5-6-13(3)4/h1,5-8H2,2-4H3,(H,12,15). The zero-order valence-electron chi connectivity index (χ0n) is 10.2. The molecule has 92 valence electrons. The Kier molecular flexibility index (Phi) is 7.20. The molecule has 0 atom stereocenters. The van der Waals surface area contributed by atoms with Gasteiger partial charge < -0.3 is 15.0 Å². The zero-order valence-corrected chi connectivity index (χ0v) is 10.2. The molecule has 0 bridgehead atoms. The maximum absolute atomic E-state index is 11.1. The number of hydrogen-bond donors (Lipinski definition) is 1. The Morgan fingerprint density at radius 2 is 2.00 bits per heavy atom. The van der Waals surface area contributed by atoms with E-state index in [9.17, 15) is 9.59 Å². The van der Waals surface area contributed by atoms with Gasteiger partial charge in [-0.25, -0.2) is 0 Å². The quantitative estimate of drug-likeness (QED) is 0.383. The lowest BCUT2D eigenvalue weighted by Gasteiger charge is -2.09. The Labute approximate surface area is 96.4 Å². The first-order valence-electron chi connectivity index (χ1n) is 5.17. The lowest BCUT2D eigenvalue weighted by atomic mass is 10.3. The second-order valence-electron chi connectivity index (χ2n) is 3.84. The molecule has 0 saturated heterocycles. The molecule has 0 aromatic carbocycles. The molecule has 0 fully saturated rings. The first-order valence-corrected chi connectivity index (χ1v) is 5.17. The molecule has 0 spiro atoms. The largest absolute Gasteiger partial charge is 0.464 e. The molecule has 0 aromatic heterocycles. The van der Waals surface area contributed by atoms with Gasteiger partial charge in [0.25, 0.3) is 0 Å². The molecule has 0 heterocycles. The van der Waals surface area contributed by atoms with Crippen LogP contribution in [0.15, 0.2) is 12.2 Å². The number of nitrogens with one attached hydrogen (secondary N) is 1. The van der Waals surface area contributed by atoms with Crippen molar-refractivity contribution in [1.82, 2.24) is 10.2 Å². The van der Waals surface area contributed by atoms with Gasteiger partial charge >= 0.3 is 5.97 Å². The molecule has 5 heteroatoms. The van der Waals surface area contributed by atoms with Gasteiger partial charge in [0.2, 0.25) is 5.91 Å². The third kappa shape index (κ3) is 7.99. The molecule has 0 radical (unpaired) electrons. The summed E-state index contributed by atoms with van der Waals surface area (Å²) in [5.74, 6) is -0.751. The second kappa shape index (κ2) is 7.87. The maximum atomic E-state index is 11.1. The van der Waals surface area contributed by atoms with E-state index in [0.717, 1.165) is 13.0 Å². The lowest BCUT2D eigenvalue weighted by molar-refractivity contribution is -0.143. The highest BCUT2D eigenvalue weighted by Crippen LogP contribution is 1.88. The molecule has 0 aliphatic heterocycles. The second-order valence-corrected chi connectivity index (χ2v) is 3.84. The Balaban J connectivity index is 3.52. The van der Waals surface area contributed by atoms with Crippen molar-refractivity contribution in [1.29, 1.82) is 0 Å². The first-order chi connectivity index (χ1) is 7.43. The number of rotatable bonds is 7. The molecule has 0 rings (SSSR count). The zero-order chi connectivity index (χ0) is 12.6. The molecular weight excluding hydrogens is 208 g/mol. The van der Waals surface area contributed by atoms with Crippen LogP contribution in [0.5, 0.6) is 0 Å². The molecular formula is C11H20N2O3. The predicted molar refractivity (Wildman–Crippen MR) is 62.0 cm³/mol. The van der Waals surface area contributed by atoms with Gasteiger partial charge in [0, 0.05) is 12.1 Å². The number of carbonyl (C=O) groups is 2. The van der Waals surface area contributed by atoms with E-state index in [1.54, 1.807) is 6.92 Å². The van der Waals surface area contributed by atoms with Gasteiger partial charge in [-0.05, 0) is 27.4 Å². The highest BCUT2D eigenvalue weighted by molar-refractivity contribution is 5.94. The summed E-state index contributed by atoms with van der Waals surface area (Å²) in [4.78, 5) is 24.2. The predicted octanol–water partition coefficient (Wildman–Crippen LogP) is 0.174. The van der Waals surface area contributed by atoms with Crippen molar-refractivity contribution in [2.24, 2.45) is 0 Å². The summed E-state index contributed by atoms with van der Waals surface area (Å²) in [5.41, 5.74) is 0.375. The van der Waals surface area contributed by atoms with Crippen LogP contribution < -0.4 is 5.32 Å². The van der Waals surface area contributed by atoms with Crippen molar-refractivity contribution in [3.8, 4) is 0 Å². The van der Waals surface area contributed by atoms with E-state index in [0.29, 0.717) is 12.2 Å². The fraction of sp³-hybridized carbons (Fsp3) is 0.636. The fourth-order valence-corrected chi connectivity index (χ4v) is 0.921. The Hall–Kier alpha value is -1.36. The summed E-state index contributed by atoms with van der Waals surface area (Å²) in [6, 6.07) is 0. The van der Waals surface area contributed by atoms with Crippen LogP contribution in [0.3, 0.4) is 0 Å². The molecule has 1 amide bonds. The van der Waals surface area contributed by atoms with Crippen LogP contribution in [0.2, 0.25) is 0 Å². The van der Waals surface area contributed by atoms with Crippen LogP contribution in [-0.4, -0.2) is 50.6 Å². The molecule has 0 aliphatic carbocycles. The molecule has 0 saturated carbocycles. The Morgan fingerprint density at radius 1 is 1.38 bits per heavy atom. The van der Waals surface area contributed by atoms with Gasteiger partial charge in [0.05, 0.1) is 6.61 Å². The van der Waals surface area contributed by atoms with E-state index in [4.69, 9.17) is 4.74 Å². The van der Waals surface area contributed by atoms with E-state index in [1.165, 1.54) is 0 Å². The van der Waals surface area contributed by atoms with Crippen molar-refractivity contribution in [2.45, 2.75) is 13.3 Å². The van der Waals surface area contributed by atoms with Crippen LogP contribution >= 0.6 is 0 Å². The van der Waals surface area contributed by atoms with Crippen LogP contribution in [0.4, 0.5) is 0 Å². The van der Waals surface area contributed by atoms with E-state index in [-0.39, 0.29) is 12.5 Å². The van der Waals surface area contributed by atoms with Crippen LogP contribution in [-0.2, 0) is 14.3 Å². The number of nitrogens with zero attached hydrogens (tertiary/aromatic N) is 1. The monoisotopic (exact) mass is 228 g/mol. The number of esters is 1. The minimum Gasteiger partial charge on any atom is -0.464 e. The molecule has 16 heavy (non-hydrogen) atoms. The molecule has 1 N–H and O–H groups in total. The van der Waals surface area contributed by atoms with E-state index < -0.39 is 5.97 Å². The van der Waals surface area contributed by atoms with E-state index >= 15 is 0 Å². The molecule has 0 aromatic rings. The Morgan fingerprint density at radius 3 is 2.50 bits per heavy atom. The summed E-state index contributed by atoms with van der Waals surface area (Å²) in [6.45, 7) is 6.18. The van der Waals surface area contributed by atoms with Gasteiger partial charge in [0.15, 0.2) is 0 Å². The highest BCUT2D eigenvalue weighted by Gasteiger charge is 2.06. The maximum Gasteiger partial charge on any atom is 0.325 e. The normalized spacial score (nSPS) is 10.0. The van der Waals surface area contributed by atoms with Crippen molar-refractivity contribution < 1.29 is 14.3 Å². The van der Waals surface area contributed by atoms with Crippen LogP contribution in [0, 0.1) is 0 Å². The van der Waals surface area contributed by atoms with Gasteiger partial charge in [-0.15, -0.1) is 0 Å². The van der Waals surface area contributed by atoms with Crippen LogP contribution in [0.25, 0.3) is 0 Å². The minimum absolute atomic E-state index is 0.104. The van der Waals surface area contributed by atoms with Crippen molar-refractivity contribution in [3.63, 3.8) is 0 Å². The Bertz CT molecular complexity index is 262. The molecule has 0 unspecified atom stereocenters. The first kappa shape index (κ1) is 14.6. The molecule has 5 nitrogen and oxygen atoms in total. The number of hydrogen-bond acceptors (Lipinski definition) is 4. The topological polar surface area (TPSA) is 58.6 Å². The van der Waals surface area contributed by atoms with Crippen molar-refractivity contribution in [3.05, 3.63) is 12.2 Å². The van der Waals surface area contributed by atoms with Gasteiger partial charge in [-0.2, -0.15) is 0 Å². The van der Waals surface area contributed by atoms with Gasteiger partial charge in [-0.1, -0.05) is 6.58 Å². The summed E-state index contributed by atoms with van der Waals surface area (Å²) in [5, 5.41) is 2.41. The number of carbonyl (C=O) groups excluding carboxylic acids is 2. The number of amides is 1. The summed E-state index contributed by atoms with van der Waals surface area (Å²) < 4.78 is 4.91. The molecule has 0 aliphatic rings. The smallest absolute Gasteiger partial charge is 0.325 e. The third-order valence-electron chi connectivity index (χ3n) is 1.79. The SMILES string of the molecule is C=C(C)C(=O)NCC(=O)OCCCN(C)C. The fourth-order valence-electron chi connectivity index (χ4n) is 0.921. The van der Waals surface area contributed by atoms with Crippen molar-refractivity contribution >= 4 is 11.9 Å². The number of ether oxygens (including phenoxy) is 1. The highest BCUT2D eigenvalue weighted by atomic mass is 16.5. The average Bonchev–Trinajstić information content (AvgIpc) is 2.20. The van der Waals surface area contributed by atoms with Crippen molar-refractivity contribution in [2.75, 3.05) is 33.8 Å². The summed E-state index contributed by atoms with van der Waals surface area (Å²) in [6.07, 6.45) is 0.785. The van der Waals surface area contributed by atoms with Gasteiger partial charge in [0.1, 0.15) is 6.54 Å². The average molecular weight is 228 g/mol. The van der Waals surface area contributed by atoms with E-state index in [2.05, 4.69) is 11.9 Å². The minimum atomic E-state index is -0.423. The lowest BCUT2D eigenvalue weighted by Crippen LogP contribution is -2.31.